The number of hydrazine groups is 1. The van der Waals surface area contributed by atoms with E-state index in [-0.39, 0.29) is 11.6 Å². The van der Waals surface area contributed by atoms with Gasteiger partial charge < -0.3 is 4.74 Å². The molecule has 0 saturated carbocycles. The van der Waals surface area contributed by atoms with Gasteiger partial charge in [-0.2, -0.15) is 0 Å². The number of nitrogens with one attached hydrogen (secondary N) is 1. The maximum absolute atomic E-state index is 5.89. The molecule has 0 radical (unpaired) electrons. The van der Waals surface area contributed by atoms with Crippen LogP contribution in [0.1, 0.15) is 51.6 Å². The molecule has 1 fully saturated rings. The lowest BCUT2D eigenvalue weighted by molar-refractivity contribution is 0.0608. The van der Waals surface area contributed by atoms with Crippen molar-refractivity contribution in [3.8, 4) is 5.75 Å². The molecule has 0 amide bonds. The number of benzene rings is 1. The van der Waals surface area contributed by atoms with E-state index in [9.17, 15) is 0 Å². The number of nitrogens with two attached hydrogens (primary N) is 1. The Hall–Kier alpha value is -1.10. The second kappa shape index (κ2) is 7.25. The quantitative estimate of drug-likeness (QED) is 0.625. The predicted octanol–water partition coefficient (Wildman–Crippen LogP) is 2.85. The van der Waals surface area contributed by atoms with Crippen LogP contribution in [0.25, 0.3) is 0 Å². The predicted molar refractivity (Wildman–Crippen MR) is 87.2 cm³/mol. The summed E-state index contributed by atoms with van der Waals surface area (Å²) in [6, 6.07) is 8.37. The van der Waals surface area contributed by atoms with Crippen LogP contribution in [0.5, 0.6) is 5.75 Å². The van der Waals surface area contributed by atoms with Crippen LogP contribution in [0.4, 0.5) is 0 Å². The van der Waals surface area contributed by atoms with Crippen LogP contribution in [0.15, 0.2) is 24.3 Å². The van der Waals surface area contributed by atoms with Crippen LogP contribution in [-0.2, 0) is 0 Å². The van der Waals surface area contributed by atoms with Crippen LogP contribution >= 0.6 is 0 Å². The fraction of sp³-hybridized carbons (Fsp3) is 0.647. The van der Waals surface area contributed by atoms with Gasteiger partial charge in [-0.1, -0.05) is 18.6 Å². The van der Waals surface area contributed by atoms with Gasteiger partial charge in [-0.15, -0.1) is 0 Å². The molecule has 1 atom stereocenters. The van der Waals surface area contributed by atoms with Gasteiger partial charge >= 0.3 is 0 Å². The van der Waals surface area contributed by atoms with E-state index in [1.54, 1.807) is 0 Å². The van der Waals surface area contributed by atoms with Crippen molar-refractivity contribution in [1.29, 1.82) is 0 Å². The first-order valence-electron chi connectivity index (χ1n) is 8.03. The number of ether oxygens (including phenoxy) is 1. The molecule has 1 aliphatic rings. The van der Waals surface area contributed by atoms with Crippen molar-refractivity contribution < 1.29 is 4.74 Å². The first kappa shape index (κ1) is 16.3. The van der Waals surface area contributed by atoms with Crippen molar-refractivity contribution >= 4 is 0 Å². The Bertz CT molecular complexity index is 424. The van der Waals surface area contributed by atoms with E-state index in [1.807, 2.05) is 19.1 Å². The number of hydrogen-bond donors (Lipinski definition) is 2. The molecule has 4 nitrogen and oxygen atoms in total. The molecule has 0 aromatic heterocycles. The van der Waals surface area contributed by atoms with Gasteiger partial charge in [-0.25, -0.2) is 0 Å². The summed E-state index contributed by atoms with van der Waals surface area (Å²) in [5.41, 5.74) is 4.22. The third-order valence-electron chi connectivity index (χ3n) is 4.57. The maximum atomic E-state index is 5.89. The Labute approximate surface area is 128 Å². The van der Waals surface area contributed by atoms with Crippen molar-refractivity contribution in [2.45, 2.75) is 51.6 Å². The summed E-state index contributed by atoms with van der Waals surface area (Å²) in [5, 5.41) is 0. The maximum Gasteiger partial charge on any atom is 0.119 e. The van der Waals surface area contributed by atoms with Gasteiger partial charge in [0.1, 0.15) is 5.75 Å². The smallest absolute Gasteiger partial charge is 0.119 e. The zero-order chi connectivity index (χ0) is 15.3. The van der Waals surface area contributed by atoms with E-state index in [4.69, 9.17) is 10.6 Å². The third-order valence-corrected chi connectivity index (χ3v) is 4.57. The average molecular weight is 291 g/mol. The molecule has 0 bridgehead atoms. The van der Waals surface area contributed by atoms with Gasteiger partial charge in [0.2, 0.25) is 0 Å². The molecule has 1 heterocycles. The number of rotatable bonds is 6. The lowest BCUT2D eigenvalue weighted by Gasteiger charge is -2.46. The Morgan fingerprint density at radius 1 is 1.19 bits per heavy atom. The zero-order valence-electron chi connectivity index (χ0n) is 13.6. The van der Waals surface area contributed by atoms with E-state index in [1.165, 1.54) is 24.8 Å². The van der Waals surface area contributed by atoms with Crippen LogP contribution < -0.4 is 16.0 Å². The number of hydrogen-bond acceptors (Lipinski definition) is 4. The molecule has 3 N–H and O–H groups in total. The Balaban J connectivity index is 2.16. The molecule has 0 aliphatic carbocycles. The largest absolute Gasteiger partial charge is 0.494 e. The highest BCUT2D eigenvalue weighted by atomic mass is 16.5. The van der Waals surface area contributed by atoms with Crippen LogP contribution in [0.2, 0.25) is 0 Å². The van der Waals surface area contributed by atoms with E-state index in [0.717, 1.165) is 18.8 Å². The fourth-order valence-electron chi connectivity index (χ4n) is 3.28. The van der Waals surface area contributed by atoms with Gasteiger partial charge in [0, 0.05) is 5.54 Å². The highest BCUT2D eigenvalue weighted by Crippen LogP contribution is 2.33. The minimum atomic E-state index is -0.0116. The van der Waals surface area contributed by atoms with E-state index in [0.29, 0.717) is 6.61 Å². The molecule has 1 saturated heterocycles. The molecule has 1 unspecified atom stereocenters. The number of piperidine rings is 1. The SMILES string of the molecule is CCOc1ccc(C(NN)C(C)(C)N2CCCCC2)cc1. The van der Waals surface area contributed by atoms with Crippen molar-refractivity contribution in [1.82, 2.24) is 10.3 Å². The third kappa shape index (κ3) is 3.76. The summed E-state index contributed by atoms with van der Waals surface area (Å²) >= 11 is 0. The van der Waals surface area contributed by atoms with E-state index in [2.05, 4.69) is 36.3 Å². The molecule has 0 spiro atoms. The first-order valence-corrected chi connectivity index (χ1v) is 8.03. The Morgan fingerprint density at radius 2 is 1.81 bits per heavy atom. The van der Waals surface area contributed by atoms with Gasteiger partial charge in [0.15, 0.2) is 0 Å². The van der Waals surface area contributed by atoms with E-state index < -0.39 is 0 Å². The lowest BCUT2D eigenvalue weighted by Crippen LogP contribution is -2.55. The zero-order valence-corrected chi connectivity index (χ0v) is 13.6. The molecule has 1 aromatic carbocycles. The van der Waals surface area contributed by atoms with Gasteiger partial charge in [0.25, 0.3) is 0 Å². The van der Waals surface area contributed by atoms with E-state index >= 15 is 0 Å². The van der Waals surface area contributed by atoms with Crippen molar-refractivity contribution in [3.05, 3.63) is 29.8 Å². The summed E-state index contributed by atoms with van der Waals surface area (Å²) in [6.07, 6.45) is 3.91. The summed E-state index contributed by atoms with van der Waals surface area (Å²) < 4.78 is 5.51. The molecule has 118 valence electrons. The normalized spacial score (nSPS) is 18.5. The standard InChI is InChI=1S/C17H29N3O/c1-4-21-15-10-8-14(9-11-15)16(19-18)17(2,3)20-12-6-5-7-13-20/h8-11,16,19H,4-7,12-13,18H2,1-3H3. The van der Waals surface area contributed by atoms with Crippen LogP contribution in [-0.4, -0.2) is 30.1 Å². The van der Waals surface area contributed by atoms with Gasteiger partial charge in [0.05, 0.1) is 12.6 Å². The minimum Gasteiger partial charge on any atom is -0.494 e. The molecule has 4 heteroatoms. The summed E-state index contributed by atoms with van der Waals surface area (Å²) in [5.74, 6) is 6.80. The molecule has 1 aromatic rings. The Morgan fingerprint density at radius 3 is 2.33 bits per heavy atom. The fourth-order valence-corrected chi connectivity index (χ4v) is 3.28. The second-order valence-corrected chi connectivity index (χ2v) is 6.30. The lowest BCUT2D eigenvalue weighted by atomic mass is 9.86. The van der Waals surface area contributed by atoms with Crippen molar-refractivity contribution in [2.24, 2.45) is 5.84 Å². The molecule has 21 heavy (non-hydrogen) atoms. The summed E-state index contributed by atoms with van der Waals surface area (Å²) in [7, 11) is 0. The van der Waals surface area contributed by atoms with Crippen molar-refractivity contribution in [3.63, 3.8) is 0 Å². The molecule has 2 rings (SSSR count). The topological polar surface area (TPSA) is 50.5 Å². The number of likely N-dealkylation sites (tertiary alicyclic amines) is 1. The summed E-state index contributed by atoms with van der Waals surface area (Å²) in [4.78, 5) is 2.55. The first-order chi connectivity index (χ1) is 10.1. The van der Waals surface area contributed by atoms with Crippen molar-refractivity contribution in [2.75, 3.05) is 19.7 Å². The minimum absolute atomic E-state index is 0.0116. The molecular weight excluding hydrogens is 262 g/mol. The number of nitrogens with zero attached hydrogens (tertiary/aromatic N) is 1. The van der Waals surface area contributed by atoms with Crippen LogP contribution in [0, 0.1) is 0 Å². The average Bonchev–Trinajstić information content (AvgIpc) is 2.51. The highest BCUT2D eigenvalue weighted by Gasteiger charge is 2.36. The van der Waals surface area contributed by atoms with Gasteiger partial charge in [-0.05, 0) is 64.4 Å². The Kier molecular flexibility index (Phi) is 5.62. The molecule has 1 aliphatic heterocycles. The van der Waals surface area contributed by atoms with Crippen LogP contribution in [0.3, 0.4) is 0 Å². The second-order valence-electron chi connectivity index (χ2n) is 6.30. The molecular formula is C17H29N3O. The monoisotopic (exact) mass is 291 g/mol. The van der Waals surface area contributed by atoms with Gasteiger partial charge in [-0.3, -0.25) is 16.2 Å². The highest BCUT2D eigenvalue weighted by molar-refractivity contribution is 5.31. The summed E-state index contributed by atoms with van der Waals surface area (Å²) in [6.45, 7) is 9.55.